The molecule has 1 N–H and O–H groups in total. The van der Waals surface area contributed by atoms with Crippen molar-refractivity contribution in [2.75, 3.05) is 0 Å². The summed E-state index contributed by atoms with van der Waals surface area (Å²) in [6.45, 7) is 0. The fraction of sp³-hybridized carbons (Fsp3) is 0.875. The molecular formula is C8H10F3NO2. The summed E-state index contributed by atoms with van der Waals surface area (Å²) in [5.41, 5.74) is 0. The molecule has 14 heavy (non-hydrogen) atoms. The summed E-state index contributed by atoms with van der Waals surface area (Å²) >= 11 is 0. The molecule has 6 heteroatoms. The minimum atomic E-state index is -4.59. The summed E-state index contributed by atoms with van der Waals surface area (Å²) in [6.07, 6.45) is -3.84. The molecule has 2 rings (SSSR count). The number of nitrogens with one attached hydrogen (secondary N) is 1. The van der Waals surface area contributed by atoms with E-state index in [0.717, 1.165) is 0 Å². The minimum Gasteiger partial charge on any atom is -0.304 e. The highest BCUT2D eigenvalue weighted by atomic mass is 19.4. The molecule has 0 radical (unpaired) electrons. The van der Waals surface area contributed by atoms with Crippen molar-refractivity contribution < 1.29 is 22.7 Å². The summed E-state index contributed by atoms with van der Waals surface area (Å²) < 4.78 is 39.8. The number of aldehydes is 1. The van der Waals surface area contributed by atoms with Gasteiger partial charge in [0.2, 0.25) is 0 Å². The van der Waals surface area contributed by atoms with Crippen LogP contribution in [-0.2, 0) is 9.53 Å². The Hall–Kier alpha value is -0.620. The molecular weight excluding hydrogens is 199 g/mol. The number of fused-ring (bicyclic) bond motifs is 2. The van der Waals surface area contributed by atoms with E-state index in [1.165, 1.54) is 0 Å². The standard InChI is InChI=1S/C8H10F3NO2/c9-8(10,11)14-7-2-4-1-5(7)6(3-13)12-4/h3-7,12H,1-2H2/t4-,5-,6+,7+/m1/s1. The molecule has 0 aromatic heterocycles. The predicted octanol–water partition coefficient (Wildman–Crippen LogP) is 0.841. The maximum atomic E-state index is 11.9. The van der Waals surface area contributed by atoms with Crippen molar-refractivity contribution in [1.29, 1.82) is 0 Å². The molecule has 0 aromatic rings. The third kappa shape index (κ3) is 1.76. The van der Waals surface area contributed by atoms with E-state index in [9.17, 15) is 18.0 Å². The lowest BCUT2D eigenvalue weighted by Gasteiger charge is -2.27. The second kappa shape index (κ2) is 3.20. The highest BCUT2D eigenvalue weighted by Crippen LogP contribution is 2.39. The molecule has 0 amide bonds. The molecule has 2 fully saturated rings. The van der Waals surface area contributed by atoms with Crippen LogP contribution < -0.4 is 5.32 Å². The zero-order valence-electron chi connectivity index (χ0n) is 7.25. The second-order valence-corrected chi connectivity index (χ2v) is 3.76. The van der Waals surface area contributed by atoms with Gasteiger partial charge in [-0.3, -0.25) is 4.74 Å². The Morgan fingerprint density at radius 3 is 2.57 bits per heavy atom. The molecule has 0 aromatic carbocycles. The van der Waals surface area contributed by atoms with Crippen LogP contribution >= 0.6 is 0 Å². The Kier molecular flexibility index (Phi) is 2.27. The lowest BCUT2D eigenvalue weighted by atomic mass is 9.98. The van der Waals surface area contributed by atoms with E-state index in [1.54, 1.807) is 0 Å². The van der Waals surface area contributed by atoms with Gasteiger partial charge < -0.3 is 10.1 Å². The first kappa shape index (κ1) is 9.92. The maximum absolute atomic E-state index is 11.9. The quantitative estimate of drug-likeness (QED) is 0.685. The Balaban J connectivity index is 1.99. The van der Waals surface area contributed by atoms with Gasteiger partial charge in [-0.25, -0.2) is 0 Å². The van der Waals surface area contributed by atoms with Crippen molar-refractivity contribution in [3.8, 4) is 0 Å². The number of hydrogen-bond donors (Lipinski definition) is 1. The van der Waals surface area contributed by atoms with E-state index >= 15 is 0 Å². The van der Waals surface area contributed by atoms with E-state index in [-0.39, 0.29) is 12.0 Å². The molecule has 1 saturated carbocycles. The van der Waals surface area contributed by atoms with Crippen LogP contribution in [0.1, 0.15) is 12.8 Å². The molecule has 4 atom stereocenters. The lowest BCUT2D eigenvalue weighted by molar-refractivity contribution is -0.347. The van der Waals surface area contributed by atoms with Gasteiger partial charge >= 0.3 is 6.36 Å². The fourth-order valence-corrected chi connectivity index (χ4v) is 2.39. The first-order valence-electron chi connectivity index (χ1n) is 4.45. The van der Waals surface area contributed by atoms with Crippen molar-refractivity contribution >= 4 is 6.29 Å². The van der Waals surface area contributed by atoms with Crippen LogP contribution in [0.15, 0.2) is 0 Å². The zero-order chi connectivity index (χ0) is 10.3. The van der Waals surface area contributed by atoms with E-state index in [0.29, 0.717) is 19.1 Å². The average Bonchev–Trinajstić information content (AvgIpc) is 2.58. The first-order chi connectivity index (χ1) is 6.49. The number of piperidine rings is 1. The Morgan fingerprint density at radius 2 is 2.07 bits per heavy atom. The van der Waals surface area contributed by atoms with Gasteiger partial charge in [0.1, 0.15) is 6.29 Å². The lowest BCUT2D eigenvalue weighted by Crippen LogP contribution is -2.45. The van der Waals surface area contributed by atoms with Gasteiger partial charge in [0.15, 0.2) is 0 Å². The largest absolute Gasteiger partial charge is 0.522 e. The summed E-state index contributed by atoms with van der Waals surface area (Å²) in [6, 6.07) is -0.469. The van der Waals surface area contributed by atoms with Crippen LogP contribution in [0.25, 0.3) is 0 Å². The molecule has 80 valence electrons. The van der Waals surface area contributed by atoms with Crippen molar-refractivity contribution in [2.45, 2.75) is 37.4 Å². The van der Waals surface area contributed by atoms with Gasteiger partial charge in [0, 0.05) is 12.0 Å². The predicted molar refractivity (Wildman–Crippen MR) is 40.4 cm³/mol. The Morgan fingerprint density at radius 1 is 1.36 bits per heavy atom. The monoisotopic (exact) mass is 209 g/mol. The third-order valence-electron chi connectivity index (χ3n) is 2.87. The van der Waals surface area contributed by atoms with Crippen LogP contribution in [-0.4, -0.2) is 30.8 Å². The number of alkyl halides is 3. The third-order valence-corrected chi connectivity index (χ3v) is 2.87. The van der Waals surface area contributed by atoms with Gasteiger partial charge in [-0.2, -0.15) is 0 Å². The molecule has 2 bridgehead atoms. The van der Waals surface area contributed by atoms with Crippen LogP contribution in [0.5, 0.6) is 0 Å². The number of carbonyl (C=O) groups is 1. The summed E-state index contributed by atoms with van der Waals surface area (Å²) in [7, 11) is 0. The van der Waals surface area contributed by atoms with Crippen LogP contribution in [0.2, 0.25) is 0 Å². The molecule has 2 aliphatic rings. The molecule has 1 saturated heterocycles. The summed E-state index contributed by atoms with van der Waals surface area (Å²) in [5.74, 6) is -0.320. The Bertz CT molecular complexity index is 243. The molecule has 0 spiro atoms. The molecule has 1 aliphatic heterocycles. The van der Waals surface area contributed by atoms with Gasteiger partial charge in [-0.05, 0) is 12.8 Å². The second-order valence-electron chi connectivity index (χ2n) is 3.76. The van der Waals surface area contributed by atoms with Crippen molar-refractivity contribution in [1.82, 2.24) is 5.32 Å². The molecule has 1 aliphatic carbocycles. The van der Waals surface area contributed by atoms with Gasteiger partial charge in [-0.1, -0.05) is 0 Å². The van der Waals surface area contributed by atoms with E-state index < -0.39 is 18.5 Å². The van der Waals surface area contributed by atoms with Crippen LogP contribution in [0, 0.1) is 5.92 Å². The van der Waals surface area contributed by atoms with Crippen molar-refractivity contribution in [3.63, 3.8) is 0 Å². The van der Waals surface area contributed by atoms with E-state index in [2.05, 4.69) is 10.1 Å². The first-order valence-corrected chi connectivity index (χ1v) is 4.45. The molecule has 0 unspecified atom stereocenters. The van der Waals surface area contributed by atoms with Gasteiger partial charge in [0.25, 0.3) is 0 Å². The van der Waals surface area contributed by atoms with Gasteiger partial charge in [-0.15, -0.1) is 13.2 Å². The normalized spacial score (nSPS) is 41.6. The average molecular weight is 209 g/mol. The highest BCUT2D eigenvalue weighted by molar-refractivity contribution is 5.59. The van der Waals surface area contributed by atoms with Crippen LogP contribution in [0.3, 0.4) is 0 Å². The number of hydrogen-bond acceptors (Lipinski definition) is 3. The number of halogens is 3. The summed E-state index contributed by atoms with van der Waals surface area (Å²) in [4.78, 5) is 10.5. The highest BCUT2D eigenvalue weighted by Gasteiger charge is 2.50. The zero-order valence-corrected chi connectivity index (χ0v) is 7.25. The fourth-order valence-electron chi connectivity index (χ4n) is 2.39. The van der Waals surface area contributed by atoms with Crippen molar-refractivity contribution in [2.24, 2.45) is 5.92 Å². The molecule has 3 nitrogen and oxygen atoms in total. The summed E-state index contributed by atoms with van der Waals surface area (Å²) in [5, 5.41) is 2.94. The molecule has 1 heterocycles. The van der Waals surface area contributed by atoms with E-state index in [1.807, 2.05) is 0 Å². The number of rotatable bonds is 2. The Labute approximate surface area is 78.6 Å². The van der Waals surface area contributed by atoms with E-state index in [4.69, 9.17) is 0 Å². The SMILES string of the molecule is O=C[C@@H]1N[C@@H]2C[C@H]1[C@@H](OC(F)(F)F)C2. The van der Waals surface area contributed by atoms with Gasteiger partial charge in [0.05, 0.1) is 12.1 Å². The topological polar surface area (TPSA) is 38.3 Å². The van der Waals surface area contributed by atoms with Crippen LogP contribution in [0.4, 0.5) is 13.2 Å². The number of carbonyl (C=O) groups excluding carboxylic acids is 1. The maximum Gasteiger partial charge on any atom is 0.522 e. The smallest absolute Gasteiger partial charge is 0.304 e. The number of ether oxygens (including phenoxy) is 1. The minimum absolute atomic E-state index is 0.00236. The van der Waals surface area contributed by atoms with Crippen molar-refractivity contribution in [3.05, 3.63) is 0 Å².